The van der Waals surface area contributed by atoms with Gasteiger partial charge in [0, 0.05) is 30.5 Å². The fraction of sp³-hybridized carbons (Fsp3) is 0.300. The molecule has 0 bridgehead atoms. The van der Waals surface area contributed by atoms with E-state index in [1.54, 1.807) is 28.1 Å². The number of para-hydroxylation sites is 1. The number of aliphatic hydroxyl groups is 2. The van der Waals surface area contributed by atoms with Crippen molar-refractivity contribution in [3.63, 3.8) is 0 Å². The molecule has 1 aliphatic rings. The third kappa shape index (κ3) is 8.02. The van der Waals surface area contributed by atoms with Gasteiger partial charge in [-0.2, -0.15) is 0 Å². The minimum absolute atomic E-state index is 0.0170. The number of aliphatic hydroxyl groups excluding tert-OH is 2. The predicted octanol–water partition coefficient (Wildman–Crippen LogP) is 4.79. The first kappa shape index (κ1) is 32.4. The smallest absolute Gasteiger partial charge is 0.345 e. The lowest BCUT2D eigenvalue weighted by atomic mass is 9.91. The molecule has 2 aromatic heterocycles. The van der Waals surface area contributed by atoms with Crippen LogP contribution in [0.25, 0.3) is 16.8 Å². The summed E-state index contributed by atoms with van der Waals surface area (Å²) in [6, 6.07) is 12.8. The molecule has 224 valence electrons. The summed E-state index contributed by atoms with van der Waals surface area (Å²) in [5.74, 6) is -1.13. The van der Waals surface area contributed by atoms with E-state index in [1.807, 2.05) is 19.2 Å². The summed E-state index contributed by atoms with van der Waals surface area (Å²) >= 11 is 1.09. The highest BCUT2D eigenvalue weighted by Gasteiger charge is 2.17. The molecule has 1 aliphatic carbocycles. The summed E-state index contributed by atoms with van der Waals surface area (Å²) in [4.78, 5) is 11.4. The third-order valence-corrected chi connectivity index (χ3v) is 7.32. The van der Waals surface area contributed by atoms with Gasteiger partial charge in [-0.15, -0.1) is 21.6 Å². The number of thiophene rings is 1. The van der Waals surface area contributed by atoms with Crippen molar-refractivity contribution in [1.82, 2.24) is 4.57 Å². The molecule has 0 saturated carbocycles. The number of aromatic carboxylic acids is 1. The Kier molecular flexibility index (Phi) is 12.2. The number of azo groups is 1. The zero-order valence-corrected chi connectivity index (χ0v) is 24.2. The molecule has 0 amide bonds. The van der Waals surface area contributed by atoms with Crippen LogP contribution in [0, 0.1) is 6.92 Å². The van der Waals surface area contributed by atoms with Crippen molar-refractivity contribution in [3.8, 4) is 28.4 Å². The number of phenolic OH excluding ortho intramolecular Hbond substituents is 1. The fourth-order valence-electron chi connectivity index (χ4n) is 4.33. The monoisotopic (exact) mass is 595 g/mol. The second-order valence-corrected chi connectivity index (χ2v) is 10.3. The average Bonchev–Trinajstić information content (AvgIpc) is 3.61. The van der Waals surface area contributed by atoms with E-state index in [0.717, 1.165) is 35.4 Å². The van der Waals surface area contributed by atoms with E-state index in [4.69, 9.17) is 26.8 Å². The topological polar surface area (TPSA) is 200 Å². The van der Waals surface area contributed by atoms with Crippen molar-refractivity contribution in [3.05, 3.63) is 75.6 Å². The number of carboxylic acids is 1. The Labute approximate surface area is 248 Å². The van der Waals surface area contributed by atoms with Crippen LogP contribution in [0.1, 0.15) is 39.2 Å². The molecule has 0 fully saturated rings. The van der Waals surface area contributed by atoms with Crippen LogP contribution in [0.2, 0.25) is 0 Å². The SMILES string of the molecule is Cc1cn(-c2ccc3c(c2)CCCC3)c(O)c1N=Nc1cccc(-c2csc(C(=O)O)c2)c1O.NCCO.NCCO. The van der Waals surface area contributed by atoms with Gasteiger partial charge in [-0.05, 0) is 84.5 Å². The predicted molar refractivity (Wildman–Crippen MR) is 164 cm³/mol. The maximum absolute atomic E-state index is 11.2. The highest BCUT2D eigenvalue weighted by molar-refractivity contribution is 7.12. The fourth-order valence-corrected chi connectivity index (χ4v) is 5.08. The second-order valence-electron chi connectivity index (χ2n) is 9.42. The van der Waals surface area contributed by atoms with E-state index in [0.29, 0.717) is 29.9 Å². The van der Waals surface area contributed by atoms with Crippen LogP contribution in [0.5, 0.6) is 11.6 Å². The highest BCUT2D eigenvalue weighted by Crippen LogP contribution is 2.41. The van der Waals surface area contributed by atoms with E-state index >= 15 is 0 Å². The summed E-state index contributed by atoms with van der Waals surface area (Å²) in [6.45, 7) is 2.79. The zero-order valence-electron chi connectivity index (χ0n) is 23.4. The first-order chi connectivity index (χ1) is 20.2. The summed E-state index contributed by atoms with van der Waals surface area (Å²) in [6.07, 6.45) is 6.36. The number of nitrogens with two attached hydrogens (primary N) is 2. The number of aryl methyl sites for hydroxylation is 3. The van der Waals surface area contributed by atoms with Gasteiger partial charge >= 0.3 is 5.97 Å². The lowest BCUT2D eigenvalue weighted by molar-refractivity contribution is 0.0702. The molecule has 42 heavy (non-hydrogen) atoms. The van der Waals surface area contributed by atoms with Crippen LogP contribution in [0.4, 0.5) is 11.4 Å². The average molecular weight is 596 g/mol. The standard InChI is InChI=1S/C26H23N3O4S.2C2H7NO/c1-15-13-29(19-10-9-16-5-2-3-6-17(16)11-19)25(31)23(15)28-27-21-8-4-7-20(24(21)30)18-12-22(26(32)33)34-14-18;2*3-1-2-4/h4,7-14,30-31H,2-3,5-6H2,1H3,(H,32,33);2*4H,1-3H2. The summed E-state index contributed by atoms with van der Waals surface area (Å²) in [5, 5.41) is 56.4. The normalized spacial score (nSPS) is 12.2. The molecule has 2 heterocycles. The van der Waals surface area contributed by atoms with Crippen LogP contribution in [0.3, 0.4) is 0 Å². The molecule has 11 nitrogen and oxygen atoms in total. The van der Waals surface area contributed by atoms with Gasteiger partial charge in [0.25, 0.3) is 0 Å². The first-order valence-electron chi connectivity index (χ1n) is 13.5. The maximum Gasteiger partial charge on any atom is 0.345 e. The molecule has 0 radical (unpaired) electrons. The highest BCUT2D eigenvalue weighted by atomic mass is 32.1. The van der Waals surface area contributed by atoms with Gasteiger partial charge in [-0.3, -0.25) is 4.57 Å². The minimum Gasteiger partial charge on any atom is -0.505 e. The quantitative estimate of drug-likeness (QED) is 0.148. The number of carboxylic acid groups (broad SMARTS) is 1. The van der Waals surface area contributed by atoms with E-state index in [2.05, 4.69) is 22.4 Å². The molecular formula is C30H37N5O6S. The molecule has 9 N–H and O–H groups in total. The molecule has 5 rings (SSSR count). The largest absolute Gasteiger partial charge is 0.505 e. The molecule has 0 spiro atoms. The van der Waals surface area contributed by atoms with Crippen LogP contribution in [0.15, 0.2) is 64.3 Å². The van der Waals surface area contributed by atoms with Gasteiger partial charge in [0.15, 0.2) is 11.4 Å². The summed E-state index contributed by atoms with van der Waals surface area (Å²) < 4.78 is 1.70. The van der Waals surface area contributed by atoms with Crippen molar-refractivity contribution < 1.29 is 30.3 Å². The molecule has 0 unspecified atom stereocenters. The first-order valence-corrected chi connectivity index (χ1v) is 14.3. The lowest BCUT2D eigenvalue weighted by Gasteiger charge is -2.17. The van der Waals surface area contributed by atoms with E-state index in [9.17, 15) is 15.0 Å². The van der Waals surface area contributed by atoms with Gasteiger partial charge in [0.2, 0.25) is 5.88 Å². The number of benzene rings is 2. The van der Waals surface area contributed by atoms with Crippen molar-refractivity contribution in [2.24, 2.45) is 21.7 Å². The van der Waals surface area contributed by atoms with E-state index in [1.165, 1.54) is 30.0 Å². The summed E-state index contributed by atoms with van der Waals surface area (Å²) in [5.41, 5.74) is 15.5. The number of hydrogen-bond acceptors (Lipinski definition) is 10. The van der Waals surface area contributed by atoms with E-state index in [-0.39, 0.29) is 35.4 Å². The number of aromatic hydroxyl groups is 2. The number of hydrogen-bond donors (Lipinski definition) is 7. The van der Waals surface area contributed by atoms with Crippen LogP contribution in [-0.2, 0) is 12.8 Å². The number of aromatic nitrogens is 1. The van der Waals surface area contributed by atoms with Crippen LogP contribution < -0.4 is 11.5 Å². The van der Waals surface area contributed by atoms with Crippen molar-refractivity contribution in [2.45, 2.75) is 32.6 Å². The van der Waals surface area contributed by atoms with Crippen molar-refractivity contribution in [1.29, 1.82) is 0 Å². The Hall–Kier alpha value is -4.07. The van der Waals surface area contributed by atoms with Gasteiger partial charge in [0.05, 0.1) is 13.2 Å². The zero-order chi connectivity index (χ0) is 30.6. The van der Waals surface area contributed by atoms with Crippen LogP contribution in [-0.4, -0.2) is 62.4 Å². The number of phenols is 1. The molecular weight excluding hydrogens is 558 g/mol. The Bertz CT molecular complexity index is 1510. The molecule has 0 atom stereocenters. The Morgan fingerprint density at radius 2 is 1.64 bits per heavy atom. The van der Waals surface area contributed by atoms with Gasteiger partial charge in [-0.25, -0.2) is 4.79 Å². The van der Waals surface area contributed by atoms with Gasteiger partial charge < -0.3 is 37.0 Å². The second kappa shape index (κ2) is 15.8. The minimum atomic E-state index is -1.01. The number of carbonyl (C=O) groups is 1. The van der Waals surface area contributed by atoms with E-state index < -0.39 is 5.97 Å². The van der Waals surface area contributed by atoms with Crippen LogP contribution >= 0.6 is 11.3 Å². The molecule has 4 aromatic rings. The van der Waals surface area contributed by atoms with Gasteiger partial charge in [0.1, 0.15) is 10.6 Å². The molecule has 12 heteroatoms. The number of nitrogens with zero attached hydrogens (tertiary/aromatic N) is 3. The Morgan fingerprint density at radius 1 is 0.976 bits per heavy atom. The number of fused-ring (bicyclic) bond motifs is 1. The molecule has 0 aliphatic heterocycles. The van der Waals surface area contributed by atoms with Crippen molar-refractivity contribution in [2.75, 3.05) is 26.3 Å². The molecule has 0 saturated heterocycles. The number of rotatable bonds is 7. The third-order valence-electron chi connectivity index (χ3n) is 6.40. The lowest BCUT2D eigenvalue weighted by Crippen LogP contribution is -2.03. The van der Waals surface area contributed by atoms with Gasteiger partial charge in [-0.1, -0.05) is 18.2 Å². The maximum atomic E-state index is 11.2. The Balaban J connectivity index is 0.000000540. The summed E-state index contributed by atoms with van der Waals surface area (Å²) in [7, 11) is 0. The van der Waals surface area contributed by atoms with Crippen molar-refractivity contribution >= 4 is 28.7 Å². The Morgan fingerprint density at radius 3 is 2.26 bits per heavy atom. The molecule has 2 aromatic carbocycles.